The van der Waals surface area contributed by atoms with Gasteiger partial charge in [-0.1, -0.05) is 121 Å². The molecule has 0 amide bonds. The Labute approximate surface area is 230 Å². The van der Waals surface area contributed by atoms with E-state index in [4.69, 9.17) is 18.9 Å². The first-order valence-corrected chi connectivity index (χ1v) is 13.7. The maximum atomic E-state index is 6.79. The first-order valence-electron chi connectivity index (χ1n) is 13.7. The van der Waals surface area contributed by atoms with Crippen molar-refractivity contribution in [1.82, 2.24) is 4.90 Å². The number of nitrogens with zero attached hydrogens (tertiary/aromatic N) is 1. The molecule has 5 nitrogen and oxygen atoms in total. The van der Waals surface area contributed by atoms with E-state index in [1.54, 1.807) is 0 Å². The monoisotopic (exact) mass is 521 g/mol. The van der Waals surface area contributed by atoms with Crippen LogP contribution in [-0.2, 0) is 45.3 Å². The average molecular weight is 522 g/mol. The van der Waals surface area contributed by atoms with Crippen LogP contribution in [-0.4, -0.2) is 42.2 Å². The molecule has 2 aliphatic heterocycles. The first kappa shape index (κ1) is 25.9. The zero-order chi connectivity index (χ0) is 26.3. The molecule has 6 rings (SSSR count). The SMILES string of the molecule is c1ccc(CO[C@H]2[C@H](OCc3ccccc3)[C@H]3CO[C@H](O3)[C@H]2N(Cc2ccccc2)Cc2ccccc2)cc1. The van der Waals surface area contributed by atoms with Gasteiger partial charge in [-0.3, -0.25) is 4.90 Å². The lowest BCUT2D eigenvalue weighted by Gasteiger charge is -2.45. The fraction of sp³-hybridized carbons (Fsp3) is 0.294. The molecular weight excluding hydrogens is 486 g/mol. The summed E-state index contributed by atoms with van der Waals surface area (Å²) in [7, 11) is 0. The topological polar surface area (TPSA) is 40.2 Å². The van der Waals surface area contributed by atoms with E-state index < -0.39 is 0 Å². The number of fused-ring (bicyclic) bond motifs is 2. The minimum Gasteiger partial charge on any atom is -0.369 e. The van der Waals surface area contributed by atoms with Crippen LogP contribution in [0.5, 0.6) is 0 Å². The van der Waals surface area contributed by atoms with Crippen molar-refractivity contribution in [3.8, 4) is 0 Å². The van der Waals surface area contributed by atoms with Gasteiger partial charge in [0, 0.05) is 13.1 Å². The molecule has 5 atom stereocenters. The van der Waals surface area contributed by atoms with Gasteiger partial charge < -0.3 is 18.9 Å². The third-order valence-electron chi connectivity index (χ3n) is 7.49. The van der Waals surface area contributed by atoms with Gasteiger partial charge >= 0.3 is 0 Å². The summed E-state index contributed by atoms with van der Waals surface area (Å²) in [6.07, 6.45) is -1.08. The predicted octanol–water partition coefficient (Wildman–Crippen LogP) is 5.98. The van der Waals surface area contributed by atoms with Gasteiger partial charge in [0.05, 0.1) is 25.9 Å². The van der Waals surface area contributed by atoms with E-state index in [-0.39, 0.29) is 30.6 Å². The summed E-state index contributed by atoms with van der Waals surface area (Å²) < 4.78 is 26.2. The van der Waals surface area contributed by atoms with E-state index >= 15 is 0 Å². The van der Waals surface area contributed by atoms with E-state index in [1.807, 2.05) is 36.4 Å². The summed E-state index contributed by atoms with van der Waals surface area (Å²) in [4.78, 5) is 2.44. The van der Waals surface area contributed by atoms with Crippen LogP contribution >= 0.6 is 0 Å². The minimum atomic E-state index is -0.389. The van der Waals surface area contributed by atoms with Crippen molar-refractivity contribution < 1.29 is 18.9 Å². The largest absolute Gasteiger partial charge is 0.369 e. The molecule has 2 heterocycles. The average Bonchev–Trinajstić information content (AvgIpc) is 3.42. The molecule has 4 aromatic rings. The van der Waals surface area contributed by atoms with Gasteiger partial charge in [-0.25, -0.2) is 0 Å². The smallest absolute Gasteiger partial charge is 0.176 e. The fourth-order valence-corrected chi connectivity index (χ4v) is 5.56. The van der Waals surface area contributed by atoms with Gasteiger partial charge in [0.1, 0.15) is 18.3 Å². The van der Waals surface area contributed by atoms with Crippen molar-refractivity contribution in [2.24, 2.45) is 0 Å². The third-order valence-corrected chi connectivity index (χ3v) is 7.49. The van der Waals surface area contributed by atoms with Crippen molar-refractivity contribution in [2.45, 2.75) is 56.9 Å². The Kier molecular flexibility index (Phi) is 8.44. The number of rotatable bonds is 11. The van der Waals surface area contributed by atoms with Gasteiger partial charge in [0.25, 0.3) is 0 Å². The summed E-state index contributed by atoms with van der Waals surface area (Å²) >= 11 is 0. The van der Waals surface area contributed by atoms with Crippen LogP contribution < -0.4 is 0 Å². The Hall–Kier alpha value is -3.32. The van der Waals surface area contributed by atoms with E-state index in [2.05, 4.69) is 89.8 Å². The summed E-state index contributed by atoms with van der Waals surface area (Å²) in [6, 6.07) is 41.6. The lowest BCUT2D eigenvalue weighted by Crippen LogP contribution is -2.61. The Bertz CT molecular complexity index is 1230. The number of hydrogen-bond donors (Lipinski definition) is 0. The maximum absolute atomic E-state index is 6.79. The lowest BCUT2D eigenvalue weighted by molar-refractivity contribution is -0.241. The lowest BCUT2D eigenvalue weighted by atomic mass is 9.95. The standard InChI is InChI=1S/C34H35NO4/c1-5-13-26(14-6-1)21-35(22-27-15-7-2-8-16-27)31-33(37-24-29-19-11-4-12-20-29)32(30-25-38-34(31)39-30)36-23-28-17-9-3-10-18-28/h1-20,30-34H,21-25H2/t30-,31+,32-,33-,34-/m1/s1. The molecule has 0 unspecified atom stereocenters. The highest BCUT2D eigenvalue weighted by Crippen LogP contribution is 2.37. The van der Waals surface area contributed by atoms with Crippen molar-refractivity contribution >= 4 is 0 Å². The number of ether oxygens (including phenoxy) is 4. The van der Waals surface area contributed by atoms with Crippen LogP contribution in [0.2, 0.25) is 0 Å². The zero-order valence-electron chi connectivity index (χ0n) is 22.0. The fourth-order valence-electron chi connectivity index (χ4n) is 5.56. The molecule has 200 valence electrons. The highest BCUT2D eigenvalue weighted by Gasteiger charge is 2.54. The second kappa shape index (κ2) is 12.7. The Morgan fingerprint density at radius 2 is 1.00 bits per heavy atom. The van der Waals surface area contributed by atoms with Crippen LogP contribution in [0.1, 0.15) is 22.3 Å². The van der Waals surface area contributed by atoms with E-state index in [9.17, 15) is 0 Å². The van der Waals surface area contributed by atoms with Gasteiger partial charge in [-0.2, -0.15) is 0 Å². The Morgan fingerprint density at radius 1 is 0.564 bits per heavy atom. The molecule has 0 spiro atoms. The molecule has 5 heteroatoms. The van der Waals surface area contributed by atoms with E-state index in [1.165, 1.54) is 11.1 Å². The van der Waals surface area contributed by atoms with E-state index in [0.717, 1.165) is 24.2 Å². The second-order valence-corrected chi connectivity index (χ2v) is 10.3. The molecule has 2 aliphatic rings. The Balaban J connectivity index is 1.32. The second-order valence-electron chi connectivity index (χ2n) is 10.3. The van der Waals surface area contributed by atoms with Gasteiger partial charge in [-0.15, -0.1) is 0 Å². The van der Waals surface area contributed by atoms with Crippen molar-refractivity contribution in [1.29, 1.82) is 0 Å². The number of hydrogen-bond acceptors (Lipinski definition) is 5. The molecule has 0 saturated carbocycles. The molecule has 0 N–H and O–H groups in total. The summed E-state index contributed by atoms with van der Waals surface area (Å²) in [5.74, 6) is 0. The van der Waals surface area contributed by atoms with Crippen LogP contribution in [0.3, 0.4) is 0 Å². The molecule has 0 aromatic heterocycles. The minimum absolute atomic E-state index is 0.159. The van der Waals surface area contributed by atoms with Crippen LogP contribution in [0.25, 0.3) is 0 Å². The molecule has 4 aromatic carbocycles. The molecule has 2 fully saturated rings. The maximum Gasteiger partial charge on any atom is 0.176 e. The summed E-state index contributed by atoms with van der Waals surface area (Å²) in [6.45, 7) is 2.97. The third kappa shape index (κ3) is 6.47. The highest BCUT2D eigenvalue weighted by molar-refractivity contribution is 5.19. The number of benzene rings is 4. The Morgan fingerprint density at radius 3 is 1.49 bits per heavy atom. The molecule has 39 heavy (non-hydrogen) atoms. The van der Waals surface area contributed by atoms with E-state index in [0.29, 0.717) is 19.8 Å². The molecule has 2 saturated heterocycles. The molecular formula is C34H35NO4. The van der Waals surface area contributed by atoms with Crippen molar-refractivity contribution in [3.05, 3.63) is 144 Å². The van der Waals surface area contributed by atoms with Crippen LogP contribution in [0.15, 0.2) is 121 Å². The molecule has 0 aliphatic carbocycles. The zero-order valence-corrected chi connectivity index (χ0v) is 22.0. The van der Waals surface area contributed by atoms with Crippen LogP contribution in [0, 0.1) is 0 Å². The van der Waals surface area contributed by atoms with Crippen LogP contribution in [0.4, 0.5) is 0 Å². The highest BCUT2D eigenvalue weighted by atomic mass is 16.7. The van der Waals surface area contributed by atoms with Gasteiger partial charge in [0.15, 0.2) is 6.29 Å². The van der Waals surface area contributed by atoms with Gasteiger partial charge in [0.2, 0.25) is 0 Å². The normalized spacial score (nSPS) is 24.2. The predicted molar refractivity (Wildman–Crippen MR) is 151 cm³/mol. The van der Waals surface area contributed by atoms with Crippen molar-refractivity contribution in [2.75, 3.05) is 6.61 Å². The molecule has 2 bridgehead atoms. The first-order chi connectivity index (χ1) is 19.3. The summed E-state index contributed by atoms with van der Waals surface area (Å²) in [5, 5.41) is 0. The van der Waals surface area contributed by atoms with Crippen molar-refractivity contribution in [3.63, 3.8) is 0 Å². The quantitative estimate of drug-likeness (QED) is 0.243. The molecule has 0 radical (unpaired) electrons. The summed E-state index contributed by atoms with van der Waals surface area (Å²) in [5.41, 5.74) is 4.73. The van der Waals surface area contributed by atoms with Gasteiger partial charge in [-0.05, 0) is 22.3 Å².